The van der Waals surface area contributed by atoms with Crippen molar-refractivity contribution in [1.82, 2.24) is 0 Å². The van der Waals surface area contributed by atoms with Crippen LogP contribution in [0.1, 0.15) is 6.92 Å². The van der Waals surface area contributed by atoms with E-state index in [9.17, 15) is 12.8 Å². The number of para-hydroxylation sites is 1. The molecule has 1 aliphatic rings. The van der Waals surface area contributed by atoms with Crippen molar-refractivity contribution >= 4 is 43.2 Å². The second-order valence-corrected chi connectivity index (χ2v) is 7.88. The van der Waals surface area contributed by atoms with Crippen molar-refractivity contribution in [2.75, 3.05) is 4.31 Å². The maximum Gasteiger partial charge on any atom is 0.274 e. The van der Waals surface area contributed by atoms with Crippen LogP contribution in [0.3, 0.4) is 0 Å². The first-order chi connectivity index (χ1) is 10.4. The minimum absolute atomic E-state index is 0.119. The molecule has 0 aliphatic carbocycles. The van der Waals surface area contributed by atoms with E-state index in [1.807, 2.05) is 0 Å². The molecule has 0 radical (unpaired) electrons. The van der Waals surface area contributed by atoms with Gasteiger partial charge in [0.15, 0.2) is 0 Å². The molecule has 2 aromatic carbocycles. The molecular formula is C15H12BrFN2O2S. The summed E-state index contributed by atoms with van der Waals surface area (Å²) in [4.78, 5) is 3.62. The van der Waals surface area contributed by atoms with Gasteiger partial charge in [-0.2, -0.15) is 0 Å². The Morgan fingerprint density at radius 2 is 1.82 bits per heavy atom. The van der Waals surface area contributed by atoms with E-state index in [0.29, 0.717) is 11.5 Å². The summed E-state index contributed by atoms with van der Waals surface area (Å²) in [5.74, 6) is -0.507. The Kier molecular flexibility index (Phi) is 3.78. The topological polar surface area (TPSA) is 49.7 Å². The smallest absolute Gasteiger partial charge is 0.232 e. The van der Waals surface area contributed by atoms with Gasteiger partial charge >= 0.3 is 0 Å². The molecule has 1 atom stereocenters. The van der Waals surface area contributed by atoms with E-state index < -0.39 is 20.7 Å². The van der Waals surface area contributed by atoms with Gasteiger partial charge in [0.2, 0.25) is 0 Å². The Bertz CT molecular complexity index is 851. The molecule has 0 spiro atoms. The van der Waals surface area contributed by atoms with Gasteiger partial charge < -0.3 is 0 Å². The van der Waals surface area contributed by atoms with Gasteiger partial charge in [-0.15, -0.1) is 0 Å². The van der Waals surface area contributed by atoms with E-state index in [-0.39, 0.29) is 10.5 Å². The van der Waals surface area contributed by atoms with Crippen LogP contribution < -0.4 is 4.31 Å². The number of anilines is 1. The van der Waals surface area contributed by atoms with Crippen molar-refractivity contribution in [3.8, 4) is 0 Å². The molecule has 1 heterocycles. The van der Waals surface area contributed by atoms with Gasteiger partial charge in [-0.05, 0) is 31.2 Å². The number of alkyl halides is 1. The van der Waals surface area contributed by atoms with Crippen LogP contribution >= 0.6 is 15.9 Å². The molecule has 2 aromatic rings. The van der Waals surface area contributed by atoms with E-state index in [0.717, 1.165) is 10.4 Å². The lowest BCUT2D eigenvalue weighted by Gasteiger charge is -2.31. The maximum absolute atomic E-state index is 14.1. The number of amidine groups is 1. The van der Waals surface area contributed by atoms with Crippen molar-refractivity contribution in [3.05, 3.63) is 54.3 Å². The van der Waals surface area contributed by atoms with Crippen LogP contribution in [0, 0.1) is 5.82 Å². The van der Waals surface area contributed by atoms with Gasteiger partial charge in [-0.25, -0.2) is 22.1 Å². The summed E-state index contributed by atoms with van der Waals surface area (Å²) in [6, 6.07) is 12.6. The monoisotopic (exact) mass is 382 g/mol. The van der Waals surface area contributed by atoms with E-state index in [1.165, 1.54) is 12.1 Å². The third-order valence-electron chi connectivity index (χ3n) is 3.23. The van der Waals surface area contributed by atoms with E-state index in [4.69, 9.17) is 0 Å². The largest absolute Gasteiger partial charge is 0.274 e. The molecule has 7 heteroatoms. The fourth-order valence-corrected chi connectivity index (χ4v) is 4.47. The molecule has 22 heavy (non-hydrogen) atoms. The van der Waals surface area contributed by atoms with Crippen LogP contribution in [0.5, 0.6) is 0 Å². The second-order valence-electron chi connectivity index (χ2n) is 4.78. The molecule has 0 fully saturated rings. The third-order valence-corrected chi connectivity index (χ3v) is 5.44. The molecule has 4 nitrogen and oxygen atoms in total. The zero-order valence-corrected chi connectivity index (χ0v) is 14.0. The first kappa shape index (κ1) is 15.2. The maximum atomic E-state index is 14.1. The van der Waals surface area contributed by atoms with E-state index in [2.05, 4.69) is 20.9 Å². The second kappa shape index (κ2) is 5.48. The number of fused-ring (bicyclic) bond motifs is 1. The van der Waals surface area contributed by atoms with Gasteiger partial charge in [-0.1, -0.05) is 40.2 Å². The highest BCUT2D eigenvalue weighted by atomic mass is 79.9. The van der Waals surface area contributed by atoms with Crippen molar-refractivity contribution in [2.24, 2.45) is 4.99 Å². The Morgan fingerprint density at radius 1 is 1.14 bits per heavy atom. The fourth-order valence-electron chi connectivity index (χ4n) is 2.31. The summed E-state index contributed by atoms with van der Waals surface area (Å²) in [6.07, 6.45) is 0. The molecule has 0 aromatic heterocycles. The standard InChI is InChI=1S/C15H12BrFN2O2S/c1-10(16)15-18-13-9-5-8-12(17)14(13)22(20,21)19(15)11-6-3-2-4-7-11/h2-10H,1H3. The van der Waals surface area contributed by atoms with Crippen molar-refractivity contribution in [2.45, 2.75) is 16.6 Å². The molecule has 0 N–H and O–H groups in total. The van der Waals surface area contributed by atoms with E-state index >= 15 is 0 Å². The zero-order chi connectivity index (χ0) is 15.9. The van der Waals surface area contributed by atoms with Crippen molar-refractivity contribution in [1.29, 1.82) is 0 Å². The first-order valence-corrected chi connectivity index (χ1v) is 8.90. The van der Waals surface area contributed by atoms with Crippen LogP contribution in [-0.2, 0) is 10.0 Å². The number of nitrogens with zero attached hydrogens (tertiary/aromatic N) is 2. The van der Waals surface area contributed by atoms with Gasteiger partial charge in [-0.3, -0.25) is 0 Å². The molecule has 1 unspecified atom stereocenters. The molecular weight excluding hydrogens is 371 g/mol. The molecule has 0 bridgehead atoms. The summed E-state index contributed by atoms with van der Waals surface area (Å²) in [5, 5.41) is 0. The molecule has 0 saturated carbocycles. The SMILES string of the molecule is CC(Br)C1=Nc2cccc(F)c2S(=O)(=O)N1c1ccccc1. The predicted molar refractivity (Wildman–Crippen MR) is 88.0 cm³/mol. The minimum atomic E-state index is -4.06. The Hall–Kier alpha value is -1.73. The number of hydrogen-bond acceptors (Lipinski definition) is 3. The van der Waals surface area contributed by atoms with Crippen LogP contribution in [0.25, 0.3) is 0 Å². The number of aliphatic imine (C=N–C) groups is 1. The average molecular weight is 383 g/mol. The van der Waals surface area contributed by atoms with Gasteiger partial charge in [0, 0.05) is 0 Å². The number of halogens is 2. The molecule has 0 saturated heterocycles. The number of benzene rings is 2. The highest BCUT2D eigenvalue weighted by molar-refractivity contribution is 9.10. The predicted octanol–water partition coefficient (Wildman–Crippen LogP) is 3.85. The molecule has 1 aliphatic heterocycles. The molecule has 3 rings (SSSR count). The Labute approximate surface area is 136 Å². The summed E-state index contributed by atoms with van der Waals surface area (Å²) in [7, 11) is -4.06. The normalized spacial score (nSPS) is 17.6. The van der Waals surface area contributed by atoms with Crippen LogP contribution in [0.4, 0.5) is 15.8 Å². The quantitative estimate of drug-likeness (QED) is 0.740. The lowest BCUT2D eigenvalue weighted by molar-refractivity contribution is 0.567. The highest BCUT2D eigenvalue weighted by Gasteiger charge is 2.38. The molecule has 0 amide bonds. The Balaban J connectivity index is 2.33. The molecule has 114 valence electrons. The lowest BCUT2D eigenvalue weighted by atomic mass is 10.3. The highest BCUT2D eigenvalue weighted by Crippen LogP contribution is 2.38. The minimum Gasteiger partial charge on any atom is -0.232 e. The summed E-state index contributed by atoms with van der Waals surface area (Å²) >= 11 is 3.37. The fraction of sp³-hybridized carbons (Fsp3) is 0.133. The summed E-state index contributed by atoms with van der Waals surface area (Å²) in [5.41, 5.74) is 0.537. The van der Waals surface area contributed by atoms with Crippen LogP contribution in [0.2, 0.25) is 0 Å². The first-order valence-electron chi connectivity index (χ1n) is 6.54. The number of sulfonamides is 1. The van der Waals surface area contributed by atoms with Crippen LogP contribution in [-0.4, -0.2) is 19.1 Å². The number of rotatable bonds is 2. The number of hydrogen-bond donors (Lipinski definition) is 0. The lowest BCUT2D eigenvalue weighted by Crippen LogP contribution is -2.43. The summed E-state index contributed by atoms with van der Waals surface area (Å²) in [6.45, 7) is 1.77. The van der Waals surface area contributed by atoms with Gasteiger partial charge in [0.05, 0.1) is 16.2 Å². The van der Waals surface area contributed by atoms with Gasteiger partial charge in [0.25, 0.3) is 10.0 Å². The third kappa shape index (κ3) is 2.34. The average Bonchev–Trinajstić information content (AvgIpc) is 2.46. The van der Waals surface area contributed by atoms with Gasteiger partial charge in [0.1, 0.15) is 16.5 Å². The van der Waals surface area contributed by atoms with Crippen LogP contribution in [0.15, 0.2) is 58.4 Å². The van der Waals surface area contributed by atoms with Crippen molar-refractivity contribution in [3.63, 3.8) is 0 Å². The Morgan fingerprint density at radius 3 is 2.45 bits per heavy atom. The summed E-state index contributed by atoms with van der Waals surface area (Å²) < 4.78 is 41.0. The van der Waals surface area contributed by atoms with E-state index in [1.54, 1.807) is 37.3 Å². The zero-order valence-electron chi connectivity index (χ0n) is 11.6. The van der Waals surface area contributed by atoms with Crippen molar-refractivity contribution < 1.29 is 12.8 Å².